The molecular weight excluding hydrogens is 294 g/mol. The number of hydrogen-bond acceptors (Lipinski definition) is 4. The minimum absolute atomic E-state index is 0.0591. The first-order valence-corrected chi connectivity index (χ1v) is 8.08. The largest absolute Gasteiger partial charge is 0.376 e. The molecule has 122 valence electrons. The van der Waals surface area contributed by atoms with E-state index in [0.29, 0.717) is 25.3 Å². The Morgan fingerprint density at radius 2 is 2.30 bits per heavy atom. The van der Waals surface area contributed by atoms with Crippen LogP contribution in [0.15, 0.2) is 35.4 Å². The van der Waals surface area contributed by atoms with Crippen molar-refractivity contribution in [2.75, 3.05) is 19.7 Å². The molecule has 0 aliphatic carbocycles. The van der Waals surface area contributed by atoms with Crippen molar-refractivity contribution in [2.45, 2.75) is 32.3 Å². The second-order valence-electron chi connectivity index (χ2n) is 5.79. The summed E-state index contributed by atoms with van der Waals surface area (Å²) in [6, 6.07) is 5.30. The van der Waals surface area contributed by atoms with Gasteiger partial charge in [-0.3, -0.25) is 14.0 Å². The Hall–Kier alpha value is -2.21. The van der Waals surface area contributed by atoms with Gasteiger partial charge in [-0.15, -0.1) is 0 Å². The minimum atomic E-state index is -0.322. The van der Waals surface area contributed by atoms with E-state index in [1.807, 2.05) is 6.07 Å². The van der Waals surface area contributed by atoms with E-state index >= 15 is 0 Å². The van der Waals surface area contributed by atoms with E-state index < -0.39 is 0 Å². The number of fused-ring (bicyclic) bond motifs is 1. The molecule has 0 radical (unpaired) electrons. The quantitative estimate of drug-likeness (QED) is 0.862. The number of carbonyl (C=O) groups is 1. The van der Waals surface area contributed by atoms with Gasteiger partial charge in [0.25, 0.3) is 11.5 Å². The smallest absolute Gasteiger partial charge is 0.270 e. The molecule has 1 atom stereocenters. The van der Waals surface area contributed by atoms with Crippen LogP contribution in [0.2, 0.25) is 0 Å². The van der Waals surface area contributed by atoms with Gasteiger partial charge in [0.15, 0.2) is 0 Å². The molecule has 0 N–H and O–H groups in total. The molecule has 2 aromatic rings. The van der Waals surface area contributed by atoms with Gasteiger partial charge in [0.1, 0.15) is 11.2 Å². The third-order valence-corrected chi connectivity index (χ3v) is 4.07. The van der Waals surface area contributed by atoms with Crippen LogP contribution in [0.1, 0.15) is 36.5 Å². The SMILES string of the molecule is CCCOC1CCCN(C(=O)c2cnc3ccccn3c2=O)C1. The molecule has 0 aromatic carbocycles. The topological polar surface area (TPSA) is 63.9 Å². The molecule has 0 bridgehead atoms. The maximum absolute atomic E-state index is 12.7. The van der Waals surface area contributed by atoms with Gasteiger partial charge in [-0.25, -0.2) is 4.98 Å². The molecule has 1 unspecified atom stereocenters. The highest BCUT2D eigenvalue weighted by Crippen LogP contribution is 2.15. The van der Waals surface area contributed by atoms with Gasteiger partial charge in [0, 0.05) is 32.1 Å². The number of hydrogen-bond donors (Lipinski definition) is 0. The Bertz CT molecular complexity index is 756. The summed E-state index contributed by atoms with van der Waals surface area (Å²) in [5, 5.41) is 0. The Labute approximate surface area is 134 Å². The number of likely N-dealkylation sites (tertiary alicyclic amines) is 1. The average molecular weight is 315 g/mol. The van der Waals surface area contributed by atoms with Gasteiger partial charge in [-0.05, 0) is 31.4 Å². The predicted octanol–water partition coefficient (Wildman–Crippen LogP) is 1.73. The summed E-state index contributed by atoms with van der Waals surface area (Å²) in [5.74, 6) is -0.259. The Kier molecular flexibility index (Phi) is 4.71. The van der Waals surface area contributed by atoms with Crippen molar-refractivity contribution in [2.24, 2.45) is 0 Å². The molecular formula is C17H21N3O3. The van der Waals surface area contributed by atoms with Crippen LogP contribution in [0.3, 0.4) is 0 Å². The maximum Gasteiger partial charge on any atom is 0.270 e. The van der Waals surface area contributed by atoms with Crippen molar-refractivity contribution in [3.05, 3.63) is 46.5 Å². The van der Waals surface area contributed by atoms with Crippen LogP contribution in [0, 0.1) is 0 Å². The first kappa shape index (κ1) is 15.7. The van der Waals surface area contributed by atoms with Gasteiger partial charge in [0.05, 0.1) is 6.10 Å². The molecule has 6 heteroatoms. The molecule has 0 saturated carbocycles. The van der Waals surface area contributed by atoms with Crippen LogP contribution in [0.5, 0.6) is 0 Å². The summed E-state index contributed by atoms with van der Waals surface area (Å²) in [4.78, 5) is 31.1. The zero-order chi connectivity index (χ0) is 16.2. The fourth-order valence-electron chi connectivity index (χ4n) is 2.89. The second-order valence-corrected chi connectivity index (χ2v) is 5.79. The molecule has 1 fully saturated rings. The van der Waals surface area contributed by atoms with Crippen molar-refractivity contribution in [1.82, 2.24) is 14.3 Å². The first-order chi connectivity index (χ1) is 11.2. The van der Waals surface area contributed by atoms with Crippen molar-refractivity contribution >= 4 is 11.6 Å². The number of rotatable bonds is 4. The van der Waals surface area contributed by atoms with E-state index in [1.54, 1.807) is 23.2 Å². The Morgan fingerprint density at radius 1 is 1.43 bits per heavy atom. The van der Waals surface area contributed by atoms with Crippen LogP contribution in [0.25, 0.3) is 5.65 Å². The molecule has 3 heterocycles. The Balaban J connectivity index is 1.82. The maximum atomic E-state index is 12.7. The fourth-order valence-corrected chi connectivity index (χ4v) is 2.89. The molecule has 23 heavy (non-hydrogen) atoms. The molecule has 3 rings (SSSR count). The van der Waals surface area contributed by atoms with Crippen molar-refractivity contribution < 1.29 is 9.53 Å². The summed E-state index contributed by atoms with van der Waals surface area (Å²) in [5.41, 5.74) is 0.332. The highest BCUT2D eigenvalue weighted by molar-refractivity contribution is 5.93. The number of nitrogens with zero attached hydrogens (tertiary/aromatic N) is 3. The van der Waals surface area contributed by atoms with Crippen LogP contribution >= 0.6 is 0 Å². The normalized spacial score (nSPS) is 18.3. The molecule has 2 aromatic heterocycles. The van der Waals surface area contributed by atoms with Crippen LogP contribution in [0.4, 0.5) is 0 Å². The number of piperidine rings is 1. The summed E-state index contributed by atoms with van der Waals surface area (Å²) >= 11 is 0. The van der Waals surface area contributed by atoms with Gasteiger partial charge in [0.2, 0.25) is 0 Å². The summed E-state index contributed by atoms with van der Waals surface area (Å²) in [7, 11) is 0. The molecule has 0 spiro atoms. The van der Waals surface area contributed by atoms with Gasteiger partial charge in [-0.1, -0.05) is 13.0 Å². The van der Waals surface area contributed by atoms with E-state index in [1.165, 1.54) is 10.6 Å². The van der Waals surface area contributed by atoms with Crippen LogP contribution in [-0.2, 0) is 4.74 Å². The lowest BCUT2D eigenvalue weighted by Gasteiger charge is -2.32. The highest BCUT2D eigenvalue weighted by atomic mass is 16.5. The standard InChI is InChI=1S/C17H21N3O3/c1-2-10-23-13-6-5-8-19(12-13)16(21)14-11-18-15-7-3-4-9-20(15)17(14)22/h3-4,7,9,11,13H,2,5-6,8,10,12H2,1H3. The zero-order valence-corrected chi connectivity index (χ0v) is 13.3. The number of ether oxygens (including phenoxy) is 1. The number of aromatic nitrogens is 2. The summed E-state index contributed by atoms with van der Waals surface area (Å²) < 4.78 is 7.16. The zero-order valence-electron chi connectivity index (χ0n) is 13.3. The monoisotopic (exact) mass is 315 g/mol. The molecule has 6 nitrogen and oxygen atoms in total. The summed E-state index contributed by atoms with van der Waals surface area (Å²) in [6.45, 7) is 3.96. The van der Waals surface area contributed by atoms with E-state index in [9.17, 15) is 9.59 Å². The fraction of sp³-hybridized carbons (Fsp3) is 0.471. The second kappa shape index (κ2) is 6.91. The van der Waals surface area contributed by atoms with Crippen molar-refractivity contribution in [1.29, 1.82) is 0 Å². The van der Waals surface area contributed by atoms with Gasteiger partial charge < -0.3 is 9.64 Å². The van der Waals surface area contributed by atoms with E-state index in [2.05, 4.69) is 11.9 Å². The van der Waals surface area contributed by atoms with E-state index in [4.69, 9.17) is 4.74 Å². The molecule has 1 amide bonds. The minimum Gasteiger partial charge on any atom is -0.376 e. The van der Waals surface area contributed by atoms with Crippen LogP contribution in [-0.4, -0.2) is 46.0 Å². The lowest BCUT2D eigenvalue weighted by molar-refractivity contribution is 0.00203. The molecule has 1 aliphatic heterocycles. The molecule has 1 aliphatic rings. The van der Waals surface area contributed by atoms with Crippen molar-refractivity contribution in [3.8, 4) is 0 Å². The predicted molar refractivity (Wildman–Crippen MR) is 86.6 cm³/mol. The summed E-state index contributed by atoms with van der Waals surface area (Å²) in [6.07, 6.45) is 5.88. The number of carbonyl (C=O) groups excluding carboxylic acids is 1. The average Bonchev–Trinajstić information content (AvgIpc) is 2.60. The van der Waals surface area contributed by atoms with E-state index in [0.717, 1.165) is 19.3 Å². The lowest BCUT2D eigenvalue weighted by atomic mass is 10.1. The van der Waals surface area contributed by atoms with Gasteiger partial charge in [-0.2, -0.15) is 0 Å². The van der Waals surface area contributed by atoms with Crippen LogP contribution < -0.4 is 5.56 Å². The molecule has 1 saturated heterocycles. The van der Waals surface area contributed by atoms with Crippen molar-refractivity contribution in [3.63, 3.8) is 0 Å². The third kappa shape index (κ3) is 3.27. The van der Waals surface area contributed by atoms with Gasteiger partial charge >= 0.3 is 0 Å². The van der Waals surface area contributed by atoms with E-state index in [-0.39, 0.29) is 23.1 Å². The lowest BCUT2D eigenvalue weighted by Crippen LogP contribution is -2.45. The third-order valence-electron chi connectivity index (χ3n) is 4.07. The number of pyridine rings is 1. The highest BCUT2D eigenvalue weighted by Gasteiger charge is 2.26. The Morgan fingerprint density at radius 3 is 3.13 bits per heavy atom. The number of amides is 1. The first-order valence-electron chi connectivity index (χ1n) is 8.08.